The summed E-state index contributed by atoms with van der Waals surface area (Å²) >= 11 is 0. The molecule has 0 radical (unpaired) electrons. The van der Waals surface area contributed by atoms with Crippen molar-refractivity contribution in [3.8, 4) is 0 Å². The highest BCUT2D eigenvalue weighted by atomic mass is 19.1. The smallest absolute Gasteiger partial charge is 0.255 e. The van der Waals surface area contributed by atoms with Gasteiger partial charge in [0, 0.05) is 48.7 Å². The third-order valence-electron chi connectivity index (χ3n) is 5.16. The van der Waals surface area contributed by atoms with Gasteiger partial charge in [-0.1, -0.05) is 24.3 Å². The van der Waals surface area contributed by atoms with Crippen molar-refractivity contribution in [2.24, 2.45) is 0 Å². The standard InChI is InChI=1S/C24H22FN3O2/c25-20-8-4-7-19(17-20)23(29)26-21-9-11-22(12-10-21)27-13-15-28(16-14-27)24(30)18-5-2-1-3-6-18/h1-12,17H,13-16H2,(H,26,29). The number of nitrogens with one attached hydrogen (secondary N) is 1. The van der Waals surface area contributed by atoms with Gasteiger partial charge in [0.2, 0.25) is 0 Å². The second-order valence-electron chi connectivity index (χ2n) is 7.16. The Balaban J connectivity index is 1.34. The van der Waals surface area contributed by atoms with Crippen molar-refractivity contribution in [1.82, 2.24) is 4.90 Å². The fourth-order valence-corrected chi connectivity index (χ4v) is 3.52. The normalized spacial score (nSPS) is 13.8. The molecule has 0 saturated carbocycles. The van der Waals surface area contributed by atoms with E-state index in [1.807, 2.05) is 59.5 Å². The molecule has 6 heteroatoms. The van der Waals surface area contributed by atoms with Gasteiger partial charge in [0.05, 0.1) is 0 Å². The molecule has 1 aliphatic rings. The molecule has 1 heterocycles. The highest BCUT2D eigenvalue weighted by Gasteiger charge is 2.22. The molecule has 1 aliphatic heterocycles. The number of nitrogens with zero attached hydrogens (tertiary/aromatic N) is 2. The van der Waals surface area contributed by atoms with Gasteiger partial charge in [0.1, 0.15) is 5.82 Å². The summed E-state index contributed by atoms with van der Waals surface area (Å²) in [4.78, 5) is 28.9. The zero-order valence-corrected chi connectivity index (χ0v) is 16.4. The summed E-state index contributed by atoms with van der Waals surface area (Å²) in [6, 6.07) is 22.5. The Morgan fingerprint density at radius 2 is 1.43 bits per heavy atom. The van der Waals surface area contributed by atoms with Gasteiger partial charge in [0.25, 0.3) is 11.8 Å². The van der Waals surface area contributed by atoms with Crippen LogP contribution in [0.4, 0.5) is 15.8 Å². The number of piperazine rings is 1. The first-order chi connectivity index (χ1) is 14.6. The molecule has 2 amide bonds. The second-order valence-corrected chi connectivity index (χ2v) is 7.16. The van der Waals surface area contributed by atoms with Gasteiger partial charge in [-0.15, -0.1) is 0 Å². The zero-order valence-electron chi connectivity index (χ0n) is 16.4. The van der Waals surface area contributed by atoms with Crippen molar-refractivity contribution >= 4 is 23.2 Å². The van der Waals surface area contributed by atoms with Crippen LogP contribution in [0.2, 0.25) is 0 Å². The van der Waals surface area contributed by atoms with E-state index in [-0.39, 0.29) is 17.4 Å². The molecule has 0 bridgehead atoms. The summed E-state index contributed by atoms with van der Waals surface area (Å²) in [5, 5.41) is 2.78. The summed E-state index contributed by atoms with van der Waals surface area (Å²) in [6.07, 6.45) is 0. The first kappa shape index (κ1) is 19.6. The number of rotatable bonds is 4. The average molecular weight is 403 g/mol. The van der Waals surface area contributed by atoms with Crippen LogP contribution in [-0.4, -0.2) is 42.9 Å². The van der Waals surface area contributed by atoms with Crippen molar-refractivity contribution < 1.29 is 14.0 Å². The lowest BCUT2D eigenvalue weighted by molar-refractivity contribution is 0.0746. The predicted octanol–water partition coefficient (Wildman–Crippen LogP) is 4.04. The number of carbonyl (C=O) groups excluding carboxylic acids is 2. The van der Waals surface area contributed by atoms with Crippen LogP contribution in [0.3, 0.4) is 0 Å². The molecular formula is C24H22FN3O2. The number of carbonyl (C=O) groups is 2. The van der Waals surface area contributed by atoms with E-state index in [1.165, 1.54) is 18.2 Å². The maximum atomic E-state index is 13.3. The van der Waals surface area contributed by atoms with E-state index < -0.39 is 5.82 Å². The molecule has 0 aromatic heterocycles. The lowest BCUT2D eigenvalue weighted by atomic mass is 10.1. The minimum atomic E-state index is -0.442. The minimum Gasteiger partial charge on any atom is -0.368 e. The minimum absolute atomic E-state index is 0.0608. The number of amides is 2. The van der Waals surface area contributed by atoms with E-state index in [1.54, 1.807) is 6.07 Å². The first-order valence-corrected chi connectivity index (χ1v) is 9.86. The fraction of sp³-hybridized carbons (Fsp3) is 0.167. The number of halogens is 1. The average Bonchev–Trinajstić information content (AvgIpc) is 2.80. The van der Waals surface area contributed by atoms with Crippen molar-refractivity contribution in [2.75, 3.05) is 36.4 Å². The molecule has 30 heavy (non-hydrogen) atoms. The van der Waals surface area contributed by atoms with E-state index >= 15 is 0 Å². The molecule has 0 atom stereocenters. The molecule has 1 N–H and O–H groups in total. The van der Waals surface area contributed by atoms with Gasteiger partial charge in [-0.25, -0.2) is 4.39 Å². The molecule has 1 saturated heterocycles. The predicted molar refractivity (Wildman–Crippen MR) is 115 cm³/mol. The third kappa shape index (κ3) is 4.49. The molecule has 0 unspecified atom stereocenters. The molecule has 3 aromatic rings. The number of hydrogen-bond donors (Lipinski definition) is 1. The van der Waals surface area contributed by atoms with Crippen LogP contribution >= 0.6 is 0 Å². The number of anilines is 2. The largest absolute Gasteiger partial charge is 0.368 e. The van der Waals surface area contributed by atoms with Crippen LogP contribution in [0.25, 0.3) is 0 Å². The fourth-order valence-electron chi connectivity index (χ4n) is 3.52. The number of benzene rings is 3. The molecule has 4 rings (SSSR count). The van der Waals surface area contributed by atoms with E-state index in [4.69, 9.17) is 0 Å². The monoisotopic (exact) mass is 403 g/mol. The Morgan fingerprint density at radius 3 is 2.10 bits per heavy atom. The molecule has 0 aliphatic carbocycles. The summed E-state index contributed by atoms with van der Waals surface area (Å²) in [5.41, 5.74) is 2.67. The summed E-state index contributed by atoms with van der Waals surface area (Å²) in [7, 11) is 0. The molecule has 3 aromatic carbocycles. The van der Waals surface area contributed by atoms with Gasteiger partial charge < -0.3 is 15.1 Å². The Morgan fingerprint density at radius 1 is 0.767 bits per heavy atom. The van der Waals surface area contributed by atoms with Gasteiger partial charge in [0.15, 0.2) is 0 Å². The van der Waals surface area contributed by atoms with E-state index in [0.717, 1.165) is 18.8 Å². The maximum Gasteiger partial charge on any atom is 0.255 e. The Kier molecular flexibility index (Phi) is 5.75. The van der Waals surface area contributed by atoms with Crippen LogP contribution in [0, 0.1) is 5.82 Å². The SMILES string of the molecule is O=C(Nc1ccc(N2CCN(C(=O)c3ccccc3)CC2)cc1)c1cccc(F)c1. The lowest BCUT2D eigenvalue weighted by Crippen LogP contribution is -2.48. The summed E-state index contributed by atoms with van der Waals surface area (Å²) < 4.78 is 13.3. The Hall–Kier alpha value is -3.67. The number of hydrogen-bond acceptors (Lipinski definition) is 3. The maximum absolute atomic E-state index is 13.3. The topological polar surface area (TPSA) is 52.7 Å². The van der Waals surface area contributed by atoms with Crippen LogP contribution in [0.1, 0.15) is 20.7 Å². The molecule has 5 nitrogen and oxygen atoms in total. The highest BCUT2D eigenvalue weighted by Crippen LogP contribution is 2.21. The Bertz CT molecular complexity index is 1030. The van der Waals surface area contributed by atoms with E-state index in [0.29, 0.717) is 24.3 Å². The lowest BCUT2D eigenvalue weighted by Gasteiger charge is -2.36. The van der Waals surface area contributed by atoms with Crippen LogP contribution in [0.15, 0.2) is 78.9 Å². The summed E-state index contributed by atoms with van der Waals surface area (Å²) in [6.45, 7) is 2.80. The van der Waals surface area contributed by atoms with Crippen LogP contribution < -0.4 is 10.2 Å². The zero-order chi connectivity index (χ0) is 20.9. The van der Waals surface area contributed by atoms with Crippen molar-refractivity contribution in [3.63, 3.8) is 0 Å². The molecule has 152 valence electrons. The van der Waals surface area contributed by atoms with Gasteiger partial charge in [-0.2, -0.15) is 0 Å². The second kappa shape index (κ2) is 8.78. The van der Waals surface area contributed by atoms with E-state index in [9.17, 15) is 14.0 Å². The van der Waals surface area contributed by atoms with E-state index in [2.05, 4.69) is 10.2 Å². The van der Waals surface area contributed by atoms with Crippen LogP contribution in [-0.2, 0) is 0 Å². The highest BCUT2D eigenvalue weighted by molar-refractivity contribution is 6.04. The van der Waals surface area contributed by atoms with Gasteiger partial charge >= 0.3 is 0 Å². The summed E-state index contributed by atoms with van der Waals surface area (Å²) in [5.74, 6) is -0.733. The van der Waals surface area contributed by atoms with Gasteiger partial charge in [-0.05, 0) is 54.6 Å². The van der Waals surface area contributed by atoms with Crippen LogP contribution in [0.5, 0.6) is 0 Å². The molecule has 1 fully saturated rings. The van der Waals surface area contributed by atoms with Gasteiger partial charge in [-0.3, -0.25) is 9.59 Å². The Labute approximate surface area is 174 Å². The molecule has 0 spiro atoms. The first-order valence-electron chi connectivity index (χ1n) is 9.86. The molecular weight excluding hydrogens is 381 g/mol. The van der Waals surface area contributed by atoms with Crippen molar-refractivity contribution in [3.05, 3.63) is 95.8 Å². The third-order valence-corrected chi connectivity index (χ3v) is 5.16. The quantitative estimate of drug-likeness (QED) is 0.715. The van der Waals surface area contributed by atoms with Crippen molar-refractivity contribution in [1.29, 1.82) is 0 Å². The van der Waals surface area contributed by atoms with Crippen molar-refractivity contribution in [2.45, 2.75) is 0 Å².